The summed E-state index contributed by atoms with van der Waals surface area (Å²) in [5, 5.41) is 0. The fourth-order valence-electron chi connectivity index (χ4n) is 6.66. The number of rotatable bonds is 5. The number of hydrogen-bond donors (Lipinski definition) is 0. The molecule has 0 fully saturated rings. The highest BCUT2D eigenvalue weighted by atomic mass is 32.1. The summed E-state index contributed by atoms with van der Waals surface area (Å²) in [6.07, 6.45) is -18.8. The third-order valence-corrected chi connectivity index (χ3v) is 10.5. The number of halogens is 12. The van der Waals surface area contributed by atoms with E-state index in [1.54, 1.807) is 0 Å². The van der Waals surface area contributed by atoms with Crippen molar-refractivity contribution in [3.05, 3.63) is 131 Å². The van der Waals surface area contributed by atoms with Gasteiger partial charge in [-0.2, -0.15) is 70.2 Å². The van der Waals surface area contributed by atoms with Gasteiger partial charge >= 0.3 is 24.7 Å². The highest BCUT2D eigenvalue weighted by molar-refractivity contribution is 7.00. The van der Waals surface area contributed by atoms with Crippen LogP contribution in [0.1, 0.15) is 22.3 Å². The minimum absolute atomic E-state index is 0.128. The molecule has 2 aromatic heterocycles. The van der Waals surface area contributed by atoms with Gasteiger partial charge in [-0.05, 0) is 94.0 Å². The SMILES string of the molecule is FC(F)(F)c1ccc(-c2cc(-c3cc(-c4ccc(C(F)(F)F)cc4)c4nsnc4c3-c3ccc(C(F)(F)F)cc3)c(-c3ccc(C(F)(F)F)cc3)c3nsnc23)cc1. The van der Waals surface area contributed by atoms with E-state index in [1.165, 1.54) is 60.7 Å². The van der Waals surface area contributed by atoms with E-state index in [9.17, 15) is 52.7 Å². The molecule has 8 rings (SSSR count). The normalized spacial score (nSPS) is 12.8. The zero-order valence-corrected chi connectivity index (χ0v) is 30.2. The van der Waals surface area contributed by atoms with Crippen molar-refractivity contribution in [2.45, 2.75) is 24.7 Å². The van der Waals surface area contributed by atoms with E-state index in [-0.39, 0.29) is 77.7 Å². The lowest BCUT2D eigenvalue weighted by Crippen LogP contribution is -2.05. The molecule has 4 nitrogen and oxygen atoms in total. The van der Waals surface area contributed by atoms with Crippen molar-refractivity contribution in [1.82, 2.24) is 17.5 Å². The monoisotopic (exact) mass is 846 g/mol. The van der Waals surface area contributed by atoms with Gasteiger partial charge in [-0.15, -0.1) is 0 Å². The molecular formula is C40H18F12N4S2. The largest absolute Gasteiger partial charge is 0.416 e. The average Bonchev–Trinajstić information content (AvgIpc) is 3.87. The summed E-state index contributed by atoms with van der Waals surface area (Å²) >= 11 is 1.44. The molecule has 0 aliphatic heterocycles. The minimum atomic E-state index is -4.71. The predicted molar refractivity (Wildman–Crippen MR) is 196 cm³/mol. The van der Waals surface area contributed by atoms with Crippen molar-refractivity contribution in [2.24, 2.45) is 0 Å². The first-order valence-electron chi connectivity index (χ1n) is 16.6. The second-order valence-corrected chi connectivity index (χ2v) is 14.0. The first kappa shape index (κ1) is 39.0. The Hall–Kier alpha value is -5.88. The number of alkyl halides is 12. The van der Waals surface area contributed by atoms with Gasteiger partial charge in [-0.25, -0.2) is 0 Å². The summed E-state index contributed by atoms with van der Waals surface area (Å²) in [4.78, 5) is 0. The van der Waals surface area contributed by atoms with E-state index in [2.05, 4.69) is 17.5 Å². The molecule has 0 unspecified atom stereocenters. The lowest BCUT2D eigenvalue weighted by atomic mass is 9.83. The molecule has 0 bridgehead atoms. The van der Waals surface area contributed by atoms with Crippen LogP contribution in [0.4, 0.5) is 52.7 Å². The molecule has 0 spiro atoms. The van der Waals surface area contributed by atoms with E-state index in [0.717, 1.165) is 72.0 Å². The number of benzene rings is 6. The Kier molecular flexibility index (Phi) is 9.34. The number of fused-ring (bicyclic) bond motifs is 2. The fraction of sp³-hybridized carbons (Fsp3) is 0.100. The molecular weight excluding hydrogens is 829 g/mol. The van der Waals surface area contributed by atoms with E-state index >= 15 is 0 Å². The fourth-order valence-corrected chi connectivity index (χ4v) is 7.80. The van der Waals surface area contributed by atoms with Crippen LogP contribution in [0.15, 0.2) is 109 Å². The maximum Gasteiger partial charge on any atom is 0.416 e. The molecule has 0 amide bonds. The molecule has 6 aromatic carbocycles. The van der Waals surface area contributed by atoms with Crippen LogP contribution in [0.25, 0.3) is 77.7 Å². The summed E-state index contributed by atoms with van der Waals surface area (Å²) in [7, 11) is 0. The number of hydrogen-bond acceptors (Lipinski definition) is 6. The summed E-state index contributed by atoms with van der Waals surface area (Å²) in [5.41, 5.74) is -1.12. The summed E-state index contributed by atoms with van der Waals surface area (Å²) < 4.78 is 182. The minimum Gasteiger partial charge on any atom is -0.172 e. The molecule has 8 aromatic rings. The molecule has 0 aliphatic rings. The van der Waals surface area contributed by atoms with E-state index < -0.39 is 47.0 Å². The molecule has 0 saturated heterocycles. The van der Waals surface area contributed by atoms with Crippen LogP contribution < -0.4 is 0 Å². The standard InChI is InChI=1S/C40H18F12N4S2/c41-37(42,43)23-9-1-19(2-10-23)27-17-29(31(35-33(27)53-57-55-35)21-5-13-25(14-6-21)39(47,48)49)30-18-28(20-3-11-24(12-4-20)38(44,45)46)34-36(56-58-54-34)32(30)22-7-15-26(16-8-22)40(50,51)52/h1-18H. The van der Waals surface area contributed by atoms with Crippen LogP contribution >= 0.6 is 23.5 Å². The van der Waals surface area contributed by atoms with Crippen molar-refractivity contribution >= 4 is 45.5 Å². The highest BCUT2D eigenvalue weighted by Crippen LogP contribution is 2.50. The molecule has 58 heavy (non-hydrogen) atoms. The Balaban J connectivity index is 1.49. The average molecular weight is 847 g/mol. The maximum atomic E-state index is 13.7. The zero-order chi connectivity index (χ0) is 41.4. The van der Waals surface area contributed by atoms with Gasteiger partial charge in [-0.1, -0.05) is 48.5 Å². The van der Waals surface area contributed by atoms with Gasteiger partial charge in [-0.3, -0.25) is 0 Å². The molecule has 0 aliphatic carbocycles. The van der Waals surface area contributed by atoms with Crippen LogP contribution in [0, 0.1) is 0 Å². The zero-order valence-electron chi connectivity index (χ0n) is 28.5. The van der Waals surface area contributed by atoms with Crippen LogP contribution in [-0.2, 0) is 24.7 Å². The van der Waals surface area contributed by atoms with Crippen molar-refractivity contribution in [3.63, 3.8) is 0 Å². The molecule has 2 heterocycles. The molecule has 294 valence electrons. The lowest BCUT2D eigenvalue weighted by Gasteiger charge is -2.20. The maximum absolute atomic E-state index is 13.7. The van der Waals surface area contributed by atoms with Gasteiger partial charge in [0, 0.05) is 22.3 Å². The van der Waals surface area contributed by atoms with Gasteiger partial charge in [0.25, 0.3) is 0 Å². The molecule has 0 saturated carbocycles. The van der Waals surface area contributed by atoms with Crippen molar-refractivity contribution in [3.8, 4) is 55.6 Å². The van der Waals surface area contributed by atoms with E-state index in [1.807, 2.05) is 0 Å². The van der Waals surface area contributed by atoms with Crippen molar-refractivity contribution in [1.29, 1.82) is 0 Å². The second kappa shape index (κ2) is 13.9. The Morgan fingerprint density at radius 2 is 0.534 bits per heavy atom. The Morgan fingerprint density at radius 1 is 0.293 bits per heavy atom. The van der Waals surface area contributed by atoms with E-state index in [0.29, 0.717) is 0 Å². The molecule has 0 atom stereocenters. The van der Waals surface area contributed by atoms with Crippen LogP contribution in [-0.4, -0.2) is 17.5 Å². The van der Waals surface area contributed by atoms with Crippen LogP contribution in [0.5, 0.6) is 0 Å². The Labute approximate surface area is 326 Å². The lowest BCUT2D eigenvalue weighted by molar-refractivity contribution is -0.138. The number of aromatic nitrogens is 4. The van der Waals surface area contributed by atoms with Crippen LogP contribution in [0.2, 0.25) is 0 Å². The third-order valence-electron chi connectivity index (χ3n) is 9.42. The van der Waals surface area contributed by atoms with E-state index in [4.69, 9.17) is 0 Å². The van der Waals surface area contributed by atoms with Crippen molar-refractivity contribution in [2.75, 3.05) is 0 Å². The van der Waals surface area contributed by atoms with Gasteiger partial charge in [0.2, 0.25) is 0 Å². The predicted octanol–water partition coefficient (Wildman–Crippen LogP) is 14.1. The summed E-state index contributed by atoms with van der Waals surface area (Å²) in [5.74, 6) is 0. The first-order chi connectivity index (χ1) is 27.3. The second-order valence-electron chi connectivity index (χ2n) is 12.9. The number of nitrogens with zero attached hydrogens (tertiary/aromatic N) is 4. The van der Waals surface area contributed by atoms with Gasteiger partial charge < -0.3 is 0 Å². The summed E-state index contributed by atoms with van der Waals surface area (Å²) in [6, 6.07) is 19.4. The quantitative estimate of drug-likeness (QED) is 0.162. The Morgan fingerprint density at radius 3 is 0.793 bits per heavy atom. The highest BCUT2D eigenvalue weighted by Gasteiger charge is 2.34. The van der Waals surface area contributed by atoms with Gasteiger partial charge in [0.1, 0.15) is 22.1 Å². The Bertz CT molecular complexity index is 2610. The molecule has 18 heteroatoms. The smallest absolute Gasteiger partial charge is 0.172 e. The molecule has 0 N–H and O–H groups in total. The third kappa shape index (κ3) is 7.14. The summed E-state index contributed by atoms with van der Waals surface area (Å²) in [6.45, 7) is 0. The van der Waals surface area contributed by atoms with Crippen LogP contribution in [0.3, 0.4) is 0 Å². The topological polar surface area (TPSA) is 51.6 Å². The first-order valence-corrected chi connectivity index (χ1v) is 18.0. The van der Waals surface area contributed by atoms with Gasteiger partial charge in [0.05, 0.1) is 45.7 Å². The van der Waals surface area contributed by atoms with Gasteiger partial charge in [0.15, 0.2) is 0 Å². The van der Waals surface area contributed by atoms with Crippen molar-refractivity contribution < 1.29 is 52.7 Å². The molecule has 0 radical (unpaired) electrons.